The number of esters is 1. The second kappa shape index (κ2) is 10.3. The van der Waals surface area contributed by atoms with Gasteiger partial charge in [0.15, 0.2) is 0 Å². The van der Waals surface area contributed by atoms with E-state index in [1.807, 2.05) is 6.07 Å². The highest BCUT2D eigenvalue weighted by Gasteiger charge is 2.27. The molecular formula is C22H28N2O5S2. The van der Waals surface area contributed by atoms with Crippen LogP contribution in [0.4, 0.5) is 10.7 Å². The van der Waals surface area contributed by atoms with Gasteiger partial charge in [0.05, 0.1) is 24.1 Å². The molecule has 1 aromatic heterocycles. The SMILES string of the molecule is CCOC(=O)c1c(NC(=O)CCCN(c2ccccc2)S(C)(=O)=O)sc2c1CCCC2. The summed E-state index contributed by atoms with van der Waals surface area (Å²) in [6, 6.07) is 8.82. The van der Waals surface area contributed by atoms with E-state index in [1.54, 1.807) is 31.2 Å². The number of anilines is 2. The molecule has 0 bridgehead atoms. The first-order valence-corrected chi connectivity index (χ1v) is 13.1. The highest BCUT2D eigenvalue weighted by molar-refractivity contribution is 7.92. The fourth-order valence-electron chi connectivity index (χ4n) is 3.73. The monoisotopic (exact) mass is 464 g/mol. The molecule has 1 aliphatic carbocycles. The molecule has 1 amide bonds. The number of nitrogens with zero attached hydrogens (tertiary/aromatic N) is 1. The summed E-state index contributed by atoms with van der Waals surface area (Å²) in [5.41, 5.74) is 2.05. The molecule has 3 rings (SSSR count). The van der Waals surface area contributed by atoms with Gasteiger partial charge in [-0.05, 0) is 56.7 Å². The van der Waals surface area contributed by atoms with Crippen LogP contribution in [0.2, 0.25) is 0 Å². The number of fused-ring (bicyclic) bond motifs is 1. The molecule has 1 N–H and O–H groups in total. The Hall–Kier alpha value is -2.39. The number of rotatable bonds is 9. The van der Waals surface area contributed by atoms with Crippen LogP contribution in [0.25, 0.3) is 0 Å². The molecule has 0 unspecified atom stereocenters. The molecule has 31 heavy (non-hydrogen) atoms. The number of thiophene rings is 1. The summed E-state index contributed by atoms with van der Waals surface area (Å²) in [5.74, 6) is -0.643. The zero-order valence-corrected chi connectivity index (χ0v) is 19.5. The number of hydrogen-bond donors (Lipinski definition) is 1. The van der Waals surface area contributed by atoms with Gasteiger partial charge >= 0.3 is 5.97 Å². The van der Waals surface area contributed by atoms with Crippen molar-refractivity contribution in [2.45, 2.75) is 45.4 Å². The third-order valence-electron chi connectivity index (χ3n) is 5.11. The van der Waals surface area contributed by atoms with Gasteiger partial charge in [0, 0.05) is 17.8 Å². The molecule has 0 saturated carbocycles. The van der Waals surface area contributed by atoms with Crippen molar-refractivity contribution in [2.24, 2.45) is 0 Å². The zero-order valence-electron chi connectivity index (χ0n) is 17.8. The Morgan fingerprint density at radius 1 is 1.16 bits per heavy atom. The van der Waals surface area contributed by atoms with Crippen molar-refractivity contribution >= 4 is 43.9 Å². The van der Waals surface area contributed by atoms with Crippen molar-refractivity contribution in [1.29, 1.82) is 0 Å². The highest BCUT2D eigenvalue weighted by atomic mass is 32.2. The van der Waals surface area contributed by atoms with Crippen LogP contribution in [0.15, 0.2) is 30.3 Å². The number of amides is 1. The lowest BCUT2D eigenvalue weighted by molar-refractivity contribution is -0.116. The molecule has 0 fully saturated rings. The first-order chi connectivity index (χ1) is 14.8. The van der Waals surface area contributed by atoms with Gasteiger partial charge in [-0.25, -0.2) is 13.2 Å². The van der Waals surface area contributed by atoms with Crippen molar-refractivity contribution < 1.29 is 22.7 Å². The van der Waals surface area contributed by atoms with Crippen molar-refractivity contribution in [3.63, 3.8) is 0 Å². The van der Waals surface area contributed by atoms with Crippen LogP contribution in [0.1, 0.15) is 53.4 Å². The minimum atomic E-state index is -3.46. The summed E-state index contributed by atoms with van der Waals surface area (Å²) in [4.78, 5) is 26.2. The molecule has 2 aromatic rings. The first kappa shape index (κ1) is 23.3. The molecule has 168 valence electrons. The summed E-state index contributed by atoms with van der Waals surface area (Å²) in [6.45, 7) is 2.23. The van der Waals surface area contributed by atoms with Crippen molar-refractivity contribution in [1.82, 2.24) is 0 Å². The van der Waals surface area contributed by atoms with Gasteiger partial charge < -0.3 is 10.1 Å². The number of sulfonamides is 1. The normalized spacial score (nSPS) is 13.4. The van der Waals surface area contributed by atoms with Crippen LogP contribution in [-0.4, -0.2) is 39.7 Å². The molecule has 7 nitrogen and oxygen atoms in total. The van der Waals surface area contributed by atoms with E-state index in [1.165, 1.54) is 15.6 Å². The third-order valence-corrected chi connectivity index (χ3v) is 7.51. The Labute approximate surface area is 187 Å². The first-order valence-electron chi connectivity index (χ1n) is 10.5. The maximum atomic E-state index is 12.6. The zero-order chi connectivity index (χ0) is 22.4. The number of carbonyl (C=O) groups is 2. The van der Waals surface area contributed by atoms with Crippen LogP contribution in [0.5, 0.6) is 0 Å². The maximum absolute atomic E-state index is 12.6. The second-order valence-electron chi connectivity index (χ2n) is 7.46. The standard InChI is InChI=1S/C22H28N2O5S2/c1-3-29-22(26)20-17-12-7-8-13-18(17)30-21(20)23-19(25)14-9-15-24(31(2,27)28)16-10-5-4-6-11-16/h4-6,10-11H,3,7-9,12-15H2,1-2H3,(H,23,25). The molecule has 0 saturated heterocycles. The lowest BCUT2D eigenvalue weighted by Crippen LogP contribution is -2.31. The second-order valence-corrected chi connectivity index (χ2v) is 10.5. The predicted molar refractivity (Wildman–Crippen MR) is 123 cm³/mol. The molecule has 0 spiro atoms. The van der Waals surface area contributed by atoms with E-state index in [-0.39, 0.29) is 25.5 Å². The molecule has 1 aromatic carbocycles. The molecule has 0 aliphatic heterocycles. The van der Waals surface area contributed by atoms with Crippen LogP contribution in [0, 0.1) is 0 Å². The Bertz CT molecular complexity index is 1030. The van der Waals surface area contributed by atoms with Gasteiger partial charge in [-0.15, -0.1) is 11.3 Å². The summed E-state index contributed by atoms with van der Waals surface area (Å²) < 4.78 is 30.9. The van der Waals surface area contributed by atoms with E-state index in [0.717, 1.165) is 42.4 Å². The Kier molecular flexibility index (Phi) is 7.72. The number of nitrogens with one attached hydrogen (secondary N) is 1. The number of hydrogen-bond acceptors (Lipinski definition) is 6. The number of benzene rings is 1. The van der Waals surface area contributed by atoms with E-state index in [9.17, 15) is 18.0 Å². The number of para-hydroxylation sites is 1. The predicted octanol–water partition coefficient (Wildman–Crippen LogP) is 3.99. The van der Waals surface area contributed by atoms with Crippen LogP contribution < -0.4 is 9.62 Å². The molecule has 1 aliphatic rings. The van der Waals surface area contributed by atoms with E-state index >= 15 is 0 Å². The number of aryl methyl sites for hydroxylation is 1. The molecular weight excluding hydrogens is 436 g/mol. The molecule has 0 radical (unpaired) electrons. The van der Waals surface area contributed by atoms with E-state index in [0.29, 0.717) is 22.7 Å². The van der Waals surface area contributed by atoms with Crippen molar-refractivity contribution in [3.8, 4) is 0 Å². The van der Waals surface area contributed by atoms with Gasteiger partial charge in [0.1, 0.15) is 5.00 Å². The van der Waals surface area contributed by atoms with Gasteiger partial charge in [-0.2, -0.15) is 0 Å². The van der Waals surface area contributed by atoms with E-state index in [4.69, 9.17) is 4.74 Å². The Morgan fingerprint density at radius 3 is 2.55 bits per heavy atom. The van der Waals surface area contributed by atoms with Crippen LogP contribution >= 0.6 is 11.3 Å². The number of carbonyl (C=O) groups excluding carboxylic acids is 2. The summed E-state index contributed by atoms with van der Waals surface area (Å²) in [7, 11) is -3.46. The quantitative estimate of drug-likeness (QED) is 0.567. The van der Waals surface area contributed by atoms with Gasteiger partial charge in [0.2, 0.25) is 15.9 Å². The lowest BCUT2D eigenvalue weighted by Gasteiger charge is -2.22. The fraction of sp³-hybridized carbons (Fsp3) is 0.455. The topological polar surface area (TPSA) is 92.8 Å². The van der Waals surface area contributed by atoms with Crippen molar-refractivity contribution in [3.05, 3.63) is 46.3 Å². The third kappa shape index (κ3) is 5.86. The molecule has 9 heteroatoms. The van der Waals surface area contributed by atoms with E-state index < -0.39 is 16.0 Å². The Balaban J connectivity index is 1.67. The Morgan fingerprint density at radius 2 is 1.87 bits per heavy atom. The molecule has 1 heterocycles. The smallest absolute Gasteiger partial charge is 0.341 e. The van der Waals surface area contributed by atoms with Crippen molar-refractivity contribution in [2.75, 3.05) is 29.0 Å². The minimum absolute atomic E-state index is 0.143. The summed E-state index contributed by atoms with van der Waals surface area (Å²) in [6.07, 6.45) is 5.46. The van der Waals surface area contributed by atoms with E-state index in [2.05, 4.69) is 5.32 Å². The van der Waals surface area contributed by atoms with Gasteiger partial charge in [-0.3, -0.25) is 9.10 Å². The largest absolute Gasteiger partial charge is 0.462 e. The lowest BCUT2D eigenvalue weighted by atomic mass is 9.95. The number of ether oxygens (including phenoxy) is 1. The summed E-state index contributed by atoms with van der Waals surface area (Å²) >= 11 is 1.45. The summed E-state index contributed by atoms with van der Waals surface area (Å²) in [5, 5.41) is 3.41. The molecule has 0 atom stereocenters. The minimum Gasteiger partial charge on any atom is -0.462 e. The highest BCUT2D eigenvalue weighted by Crippen LogP contribution is 2.38. The fourth-order valence-corrected chi connectivity index (χ4v) is 5.99. The average molecular weight is 465 g/mol. The van der Waals surface area contributed by atoms with Gasteiger partial charge in [-0.1, -0.05) is 18.2 Å². The van der Waals surface area contributed by atoms with Crippen LogP contribution in [0.3, 0.4) is 0 Å². The van der Waals surface area contributed by atoms with Crippen LogP contribution in [-0.2, 0) is 32.4 Å². The van der Waals surface area contributed by atoms with Gasteiger partial charge in [0.25, 0.3) is 0 Å². The maximum Gasteiger partial charge on any atom is 0.341 e. The average Bonchev–Trinajstić information content (AvgIpc) is 3.09.